The molecule has 0 N–H and O–H groups in total. The van der Waals surface area contributed by atoms with Gasteiger partial charge in [-0.1, -0.05) is 40.6 Å². The number of hydrogen-bond acceptors (Lipinski definition) is 1. The molecule has 1 nitrogen and oxygen atoms in total. The smallest absolute Gasteiger partial charge is 0.158 e. The molecule has 2 atom stereocenters. The van der Waals surface area contributed by atoms with Crippen LogP contribution in [0.3, 0.4) is 0 Å². The summed E-state index contributed by atoms with van der Waals surface area (Å²) >= 11 is 3.40. The Hall–Kier alpha value is -0.630. The molecular weight excluding hydrogens is 276 g/mol. The van der Waals surface area contributed by atoms with Crippen molar-refractivity contribution in [2.75, 3.05) is 0 Å². The summed E-state index contributed by atoms with van der Waals surface area (Å²) in [5.41, 5.74) is 3.73. The second kappa shape index (κ2) is 4.56. The average Bonchev–Trinajstić information content (AvgIpc) is 2.35. The maximum Gasteiger partial charge on any atom is 0.158 e. The Kier molecular flexibility index (Phi) is 3.44. The van der Waals surface area contributed by atoms with Crippen molar-refractivity contribution in [2.45, 2.75) is 40.0 Å². The minimum atomic E-state index is 0.123. The number of carbonyl (C=O) groups excluding carboxylic acids is 1. The van der Waals surface area contributed by atoms with Gasteiger partial charge < -0.3 is 0 Å². The molecule has 2 rings (SSSR count). The van der Waals surface area contributed by atoms with Crippen LogP contribution < -0.4 is 0 Å². The van der Waals surface area contributed by atoms with Crippen LogP contribution in [0.2, 0.25) is 0 Å². The van der Waals surface area contributed by atoms with E-state index in [-0.39, 0.29) is 5.41 Å². The molecule has 0 aromatic heterocycles. The summed E-state index contributed by atoms with van der Waals surface area (Å²) in [6, 6.07) is 0. The lowest BCUT2D eigenvalue weighted by atomic mass is 9.60. The molecule has 0 aromatic carbocycles. The summed E-state index contributed by atoms with van der Waals surface area (Å²) in [6.45, 7) is 6.33. The zero-order valence-electron chi connectivity index (χ0n) is 10.7. The van der Waals surface area contributed by atoms with Crippen molar-refractivity contribution in [2.24, 2.45) is 11.3 Å². The largest absolute Gasteiger partial charge is 0.295 e. The van der Waals surface area contributed by atoms with E-state index < -0.39 is 0 Å². The Morgan fingerprint density at radius 3 is 2.71 bits per heavy atom. The topological polar surface area (TPSA) is 17.1 Å². The van der Waals surface area contributed by atoms with E-state index in [9.17, 15) is 4.79 Å². The quantitative estimate of drug-likeness (QED) is 0.641. The molecule has 0 aromatic rings. The number of ketones is 1. The van der Waals surface area contributed by atoms with Crippen LogP contribution in [0, 0.1) is 11.3 Å². The molecule has 0 amide bonds. The van der Waals surface area contributed by atoms with E-state index >= 15 is 0 Å². The predicted molar refractivity (Wildman–Crippen MR) is 75.0 cm³/mol. The summed E-state index contributed by atoms with van der Waals surface area (Å²) in [4.78, 5) is 13.9. The average molecular weight is 295 g/mol. The Morgan fingerprint density at radius 1 is 1.47 bits per heavy atom. The molecular formula is C15H19BrO. The van der Waals surface area contributed by atoms with Crippen LogP contribution in [0.1, 0.15) is 40.0 Å². The minimum absolute atomic E-state index is 0.123. The number of Topliss-reactive ketones (excluding diaryl/α,β-unsaturated/α-hetero) is 1. The van der Waals surface area contributed by atoms with Crippen LogP contribution in [-0.4, -0.2) is 5.78 Å². The number of rotatable bonds is 0. The third-order valence-corrected chi connectivity index (χ3v) is 5.20. The van der Waals surface area contributed by atoms with Crippen LogP contribution in [-0.2, 0) is 4.79 Å². The second-order valence-electron chi connectivity index (χ2n) is 5.34. The summed E-state index contributed by atoms with van der Waals surface area (Å²) in [7, 11) is 0. The van der Waals surface area contributed by atoms with E-state index in [0.29, 0.717) is 18.1 Å². The standard InChI is InChI=1S/C15H19BrO/c1-10-8-14(17)11(2)12(3)15(10)6-4-13(9-16)5-7-15/h4,6,9-10H,5,7-8H2,1-3H3/b13-9-/t10?,15-/m1/s1. The van der Waals surface area contributed by atoms with Gasteiger partial charge in [-0.15, -0.1) is 0 Å². The van der Waals surface area contributed by atoms with Crippen LogP contribution in [0.25, 0.3) is 0 Å². The Bertz CT molecular complexity index is 442. The number of hydrogen-bond donors (Lipinski definition) is 0. The Morgan fingerprint density at radius 2 is 2.18 bits per heavy atom. The van der Waals surface area contributed by atoms with Crippen molar-refractivity contribution in [1.29, 1.82) is 0 Å². The van der Waals surface area contributed by atoms with Crippen molar-refractivity contribution in [1.82, 2.24) is 0 Å². The summed E-state index contributed by atoms with van der Waals surface area (Å²) in [6.07, 6.45) is 7.44. The summed E-state index contributed by atoms with van der Waals surface area (Å²) in [5, 5.41) is 0. The second-order valence-corrected chi connectivity index (χ2v) is 5.79. The van der Waals surface area contributed by atoms with Crippen LogP contribution >= 0.6 is 15.9 Å². The lowest BCUT2D eigenvalue weighted by molar-refractivity contribution is -0.117. The monoisotopic (exact) mass is 294 g/mol. The first kappa shape index (κ1) is 12.8. The molecule has 2 heteroatoms. The molecule has 1 spiro atoms. The van der Waals surface area contributed by atoms with E-state index in [4.69, 9.17) is 0 Å². The normalized spacial score (nSPS) is 36.1. The highest BCUT2D eigenvalue weighted by Crippen LogP contribution is 2.50. The first-order valence-electron chi connectivity index (χ1n) is 6.21. The van der Waals surface area contributed by atoms with Crippen molar-refractivity contribution in [3.63, 3.8) is 0 Å². The van der Waals surface area contributed by atoms with E-state index in [1.54, 1.807) is 0 Å². The van der Waals surface area contributed by atoms with Crippen molar-refractivity contribution < 1.29 is 4.79 Å². The lowest BCUT2D eigenvalue weighted by Crippen LogP contribution is -2.36. The van der Waals surface area contributed by atoms with E-state index in [2.05, 4.69) is 41.9 Å². The number of halogens is 1. The Balaban J connectivity index is 2.47. The zero-order chi connectivity index (χ0) is 12.6. The predicted octanol–water partition coefficient (Wildman–Crippen LogP) is 4.55. The van der Waals surface area contributed by atoms with E-state index in [0.717, 1.165) is 18.4 Å². The van der Waals surface area contributed by atoms with Gasteiger partial charge in [-0.3, -0.25) is 4.79 Å². The maximum atomic E-state index is 11.9. The highest BCUT2D eigenvalue weighted by atomic mass is 79.9. The first-order chi connectivity index (χ1) is 8.01. The minimum Gasteiger partial charge on any atom is -0.295 e. The number of carbonyl (C=O) groups is 1. The lowest BCUT2D eigenvalue weighted by Gasteiger charge is -2.44. The molecule has 0 saturated heterocycles. The molecule has 1 unspecified atom stereocenters. The van der Waals surface area contributed by atoms with Crippen molar-refractivity contribution >= 4 is 21.7 Å². The van der Waals surface area contributed by atoms with Gasteiger partial charge in [0.25, 0.3) is 0 Å². The fraction of sp³-hybridized carbons (Fsp3) is 0.533. The SMILES string of the molecule is CC1=C(C)[C@@]2(C=C/C(=C/Br)CC2)C(C)CC1=O. The van der Waals surface area contributed by atoms with Crippen LogP contribution in [0.4, 0.5) is 0 Å². The molecule has 0 aliphatic heterocycles. The van der Waals surface area contributed by atoms with Gasteiger partial charge in [0.05, 0.1) is 0 Å². The summed E-state index contributed by atoms with van der Waals surface area (Å²) < 4.78 is 0. The first-order valence-corrected chi connectivity index (χ1v) is 7.12. The van der Waals surface area contributed by atoms with Gasteiger partial charge in [-0.2, -0.15) is 0 Å². The molecule has 0 fully saturated rings. The molecule has 0 saturated carbocycles. The van der Waals surface area contributed by atoms with Gasteiger partial charge in [0.15, 0.2) is 5.78 Å². The molecule has 92 valence electrons. The van der Waals surface area contributed by atoms with Gasteiger partial charge in [0.1, 0.15) is 0 Å². The third kappa shape index (κ3) is 1.97. The van der Waals surface area contributed by atoms with Gasteiger partial charge in [-0.25, -0.2) is 0 Å². The van der Waals surface area contributed by atoms with Crippen LogP contribution in [0.15, 0.2) is 33.9 Å². The molecule has 0 bridgehead atoms. The Labute approximate surface area is 112 Å². The van der Waals surface area contributed by atoms with Gasteiger partial charge in [-0.05, 0) is 48.7 Å². The molecule has 0 radical (unpaired) electrons. The molecule has 2 aliphatic rings. The molecule has 17 heavy (non-hydrogen) atoms. The van der Waals surface area contributed by atoms with E-state index in [1.165, 1.54) is 11.1 Å². The fourth-order valence-electron chi connectivity index (χ4n) is 3.13. The number of allylic oxidation sites excluding steroid dienone is 5. The fourth-order valence-corrected chi connectivity index (χ4v) is 3.51. The van der Waals surface area contributed by atoms with Crippen molar-refractivity contribution in [3.05, 3.63) is 33.9 Å². The highest BCUT2D eigenvalue weighted by Gasteiger charge is 2.42. The van der Waals surface area contributed by atoms with Crippen molar-refractivity contribution in [3.8, 4) is 0 Å². The molecule has 0 heterocycles. The van der Waals surface area contributed by atoms with E-state index in [1.807, 2.05) is 11.9 Å². The van der Waals surface area contributed by atoms with Gasteiger partial charge in [0, 0.05) is 11.8 Å². The maximum absolute atomic E-state index is 11.9. The third-order valence-electron chi connectivity index (χ3n) is 4.61. The molecule has 2 aliphatic carbocycles. The summed E-state index contributed by atoms with van der Waals surface area (Å²) in [5.74, 6) is 0.752. The highest BCUT2D eigenvalue weighted by molar-refractivity contribution is 9.11. The van der Waals surface area contributed by atoms with Gasteiger partial charge >= 0.3 is 0 Å². The zero-order valence-corrected chi connectivity index (χ0v) is 12.3. The van der Waals surface area contributed by atoms with Crippen LogP contribution in [0.5, 0.6) is 0 Å². The van der Waals surface area contributed by atoms with Gasteiger partial charge in [0.2, 0.25) is 0 Å².